The second-order valence-corrected chi connectivity index (χ2v) is 13.0. The average Bonchev–Trinajstić information content (AvgIpc) is 3.40. The van der Waals surface area contributed by atoms with Crippen molar-refractivity contribution in [1.82, 2.24) is 4.57 Å². The number of methoxy groups -OCH3 is 2. The number of nitrogens with zero attached hydrogens (tertiary/aromatic N) is 2. The lowest BCUT2D eigenvalue weighted by atomic mass is 9.95. The summed E-state index contributed by atoms with van der Waals surface area (Å²) in [5, 5.41) is 2.28. The molecule has 0 unspecified atom stereocenters. The normalized spacial score (nSPS) is 14.3. The molecule has 6 rings (SSSR count). The number of hydrogen-bond donors (Lipinski definition) is 0. The molecule has 0 spiro atoms. The van der Waals surface area contributed by atoms with E-state index in [-0.39, 0.29) is 17.7 Å². The van der Waals surface area contributed by atoms with Gasteiger partial charge in [-0.1, -0.05) is 75.8 Å². The van der Waals surface area contributed by atoms with Crippen LogP contribution in [0.15, 0.2) is 98.3 Å². The molecule has 0 fully saturated rings. The molecule has 1 aromatic heterocycles. The van der Waals surface area contributed by atoms with E-state index < -0.39 is 12.0 Å². The first-order valence-corrected chi connectivity index (χ1v) is 17.4. The number of rotatable bonds is 11. The first kappa shape index (κ1) is 34.0. The molecule has 2 heterocycles. The molecule has 4 aromatic carbocycles. The molecular weight excluding hydrogens is 708 g/mol. The van der Waals surface area contributed by atoms with Crippen LogP contribution >= 0.6 is 27.3 Å². The molecule has 0 saturated heterocycles. The fraction of sp³-hybridized carbons (Fsp3) is 0.237. The Morgan fingerprint density at radius 1 is 0.918 bits per heavy atom. The summed E-state index contributed by atoms with van der Waals surface area (Å²) in [6.45, 7) is 6.34. The minimum atomic E-state index is -0.837. The molecule has 252 valence electrons. The second kappa shape index (κ2) is 14.7. The van der Waals surface area contributed by atoms with Crippen LogP contribution in [-0.4, -0.2) is 38.0 Å². The molecule has 9 nitrogen and oxygen atoms in total. The van der Waals surface area contributed by atoms with Gasteiger partial charge in [-0.2, -0.15) is 0 Å². The Hall–Kier alpha value is -4.87. The Bertz CT molecular complexity index is 2270. The molecule has 1 aliphatic heterocycles. The van der Waals surface area contributed by atoms with Gasteiger partial charge >= 0.3 is 5.97 Å². The lowest BCUT2D eigenvalue weighted by Gasteiger charge is -2.26. The van der Waals surface area contributed by atoms with E-state index in [1.165, 1.54) is 15.9 Å². The molecule has 0 saturated carbocycles. The smallest absolute Gasteiger partial charge is 0.338 e. The van der Waals surface area contributed by atoms with Crippen LogP contribution in [0, 0.1) is 0 Å². The Balaban J connectivity index is 1.40. The van der Waals surface area contributed by atoms with Crippen molar-refractivity contribution in [2.24, 2.45) is 4.99 Å². The molecule has 0 N–H and O–H groups in total. The van der Waals surface area contributed by atoms with Gasteiger partial charge in [0, 0.05) is 4.47 Å². The highest BCUT2D eigenvalue weighted by atomic mass is 79.9. The zero-order valence-corrected chi connectivity index (χ0v) is 30.1. The lowest BCUT2D eigenvalue weighted by molar-refractivity contribution is -0.139. The van der Waals surface area contributed by atoms with Crippen molar-refractivity contribution in [2.45, 2.75) is 33.4 Å². The van der Waals surface area contributed by atoms with Gasteiger partial charge in [0.15, 0.2) is 27.8 Å². The summed E-state index contributed by atoms with van der Waals surface area (Å²) in [4.78, 5) is 32.8. The maximum absolute atomic E-state index is 14.2. The summed E-state index contributed by atoms with van der Waals surface area (Å²) in [7, 11) is 3.13. The molecule has 1 atom stereocenters. The van der Waals surface area contributed by atoms with E-state index in [4.69, 9.17) is 28.7 Å². The highest BCUT2D eigenvalue weighted by molar-refractivity contribution is 9.10. The molecular formula is C38H35BrN2O7S. The van der Waals surface area contributed by atoms with Crippen LogP contribution < -0.4 is 33.8 Å². The number of hydrogen-bond acceptors (Lipinski definition) is 9. The first-order chi connectivity index (χ1) is 23.8. The fourth-order valence-corrected chi connectivity index (χ4v) is 7.48. The Morgan fingerprint density at radius 2 is 1.67 bits per heavy atom. The van der Waals surface area contributed by atoms with E-state index in [1.807, 2.05) is 49.4 Å². The minimum Gasteiger partial charge on any atom is -0.493 e. The zero-order valence-electron chi connectivity index (χ0n) is 27.7. The zero-order chi connectivity index (χ0) is 34.7. The van der Waals surface area contributed by atoms with Gasteiger partial charge in [-0.15, -0.1) is 0 Å². The van der Waals surface area contributed by atoms with E-state index in [2.05, 4.69) is 34.1 Å². The maximum atomic E-state index is 14.2. The van der Waals surface area contributed by atoms with Gasteiger partial charge in [-0.25, -0.2) is 9.79 Å². The number of carbonyl (C=O) groups excluding carboxylic acids is 1. The third-order valence-electron chi connectivity index (χ3n) is 8.14. The van der Waals surface area contributed by atoms with Crippen LogP contribution in [0.25, 0.3) is 16.8 Å². The van der Waals surface area contributed by atoms with E-state index in [0.717, 1.165) is 21.9 Å². The number of fused-ring (bicyclic) bond motifs is 2. The highest BCUT2D eigenvalue weighted by Crippen LogP contribution is 2.41. The molecule has 5 aromatic rings. The number of esters is 1. The van der Waals surface area contributed by atoms with Gasteiger partial charge in [0.25, 0.3) is 5.56 Å². The number of benzene rings is 4. The number of aromatic nitrogens is 1. The van der Waals surface area contributed by atoms with Crippen LogP contribution in [0.5, 0.6) is 23.0 Å². The molecule has 11 heteroatoms. The van der Waals surface area contributed by atoms with Gasteiger partial charge < -0.3 is 23.7 Å². The van der Waals surface area contributed by atoms with Crippen LogP contribution in [-0.2, 0) is 16.1 Å². The Labute approximate surface area is 295 Å². The third-order valence-corrected chi connectivity index (χ3v) is 9.81. The lowest BCUT2D eigenvalue weighted by Crippen LogP contribution is -2.40. The van der Waals surface area contributed by atoms with Crippen molar-refractivity contribution in [2.75, 3.05) is 27.4 Å². The predicted octanol–water partition coefficient (Wildman–Crippen LogP) is 6.71. The van der Waals surface area contributed by atoms with E-state index in [0.29, 0.717) is 61.3 Å². The Kier molecular flexibility index (Phi) is 10.2. The van der Waals surface area contributed by atoms with Gasteiger partial charge in [0.05, 0.1) is 49.3 Å². The van der Waals surface area contributed by atoms with Crippen LogP contribution in [0.1, 0.15) is 43.5 Å². The number of thiazole rings is 1. The van der Waals surface area contributed by atoms with Gasteiger partial charge in [0.2, 0.25) is 0 Å². The molecule has 0 radical (unpaired) electrons. The summed E-state index contributed by atoms with van der Waals surface area (Å²) in [6, 6.07) is 22.6. The maximum Gasteiger partial charge on any atom is 0.338 e. The first-order valence-electron chi connectivity index (χ1n) is 15.7. The standard InChI is InChI=1S/C38H35BrN2O7S/c1-6-46-32-20-28(39)27(19-31(32)45-5)35-34(37(43)47-7-2)22(3)40-38-41(35)36(42)33(49-38)18-23-15-16-29(30(17-23)44-4)48-21-25-13-10-12-24-11-8-9-14-26(24)25/h8-20,35H,6-7,21H2,1-5H3/b33-18+/t35-/m1/s1. The predicted molar refractivity (Wildman–Crippen MR) is 194 cm³/mol. The van der Waals surface area contributed by atoms with Crippen molar-refractivity contribution in [3.8, 4) is 23.0 Å². The number of carbonyl (C=O) groups is 1. The molecule has 49 heavy (non-hydrogen) atoms. The van der Waals surface area contributed by atoms with Gasteiger partial charge in [0.1, 0.15) is 6.61 Å². The summed E-state index contributed by atoms with van der Waals surface area (Å²) in [5.74, 6) is 1.56. The SMILES string of the molecule is CCOC(=O)C1=C(C)N=c2s/c(=C/c3ccc(OCc4cccc5ccccc45)c(OC)c3)c(=O)n2[C@@H]1c1cc(OC)c(OCC)cc1Br. The van der Waals surface area contributed by atoms with Crippen molar-refractivity contribution in [3.63, 3.8) is 0 Å². The number of halogens is 1. The van der Waals surface area contributed by atoms with Crippen molar-refractivity contribution in [1.29, 1.82) is 0 Å². The van der Waals surface area contributed by atoms with E-state index in [1.54, 1.807) is 46.3 Å². The van der Waals surface area contributed by atoms with Crippen molar-refractivity contribution in [3.05, 3.63) is 125 Å². The summed E-state index contributed by atoms with van der Waals surface area (Å²) in [5.41, 5.74) is 2.85. The number of ether oxygens (including phenoxy) is 5. The average molecular weight is 744 g/mol. The highest BCUT2D eigenvalue weighted by Gasteiger charge is 2.35. The monoisotopic (exact) mass is 742 g/mol. The van der Waals surface area contributed by atoms with Crippen molar-refractivity contribution >= 4 is 50.1 Å². The third kappa shape index (κ3) is 6.73. The topological polar surface area (TPSA) is 97.6 Å². The summed E-state index contributed by atoms with van der Waals surface area (Å²) >= 11 is 4.90. The summed E-state index contributed by atoms with van der Waals surface area (Å²) < 4.78 is 31.4. The van der Waals surface area contributed by atoms with E-state index >= 15 is 0 Å². The van der Waals surface area contributed by atoms with Crippen LogP contribution in [0.2, 0.25) is 0 Å². The van der Waals surface area contributed by atoms with E-state index in [9.17, 15) is 9.59 Å². The second-order valence-electron chi connectivity index (χ2n) is 11.1. The van der Waals surface area contributed by atoms with Gasteiger partial charge in [-0.3, -0.25) is 9.36 Å². The quantitative estimate of drug-likeness (QED) is 0.139. The molecule has 1 aliphatic rings. The Morgan fingerprint density at radius 3 is 2.43 bits per heavy atom. The molecule has 0 aliphatic carbocycles. The van der Waals surface area contributed by atoms with Gasteiger partial charge in [-0.05, 0) is 78.6 Å². The fourth-order valence-electron chi connectivity index (χ4n) is 5.89. The summed E-state index contributed by atoms with van der Waals surface area (Å²) in [6.07, 6.45) is 1.79. The largest absolute Gasteiger partial charge is 0.493 e. The van der Waals surface area contributed by atoms with Crippen LogP contribution in [0.4, 0.5) is 0 Å². The van der Waals surface area contributed by atoms with Crippen molar-refractivity contribution < 1.29 is 28.5 Å². The molecule has 0 amide bonds. The minimum absolute atomic E-state index is 0.171. The van der Waals surface area contributed by atoms with Crippen LogP contribution in [0.3, 0.4) is 0 Å². The number of allylic oxidation sites excluding steroid dienone is 1. The molecule has 0 bridgehead atoms.